The summed E-state index contributed by atoms with van der Waals surface area (Å²) in [5.41, 5.74) is 0.552. The Morgan fingerprint density at radius 2 is 2.12 bits per heavy atom. The molecule has 0 saturated carbocycles. The standard InChI is InChI=1S/C13H15BrN2O/c1-9(2)7-10(8-15)16-13(17)11-5-3-4-6-12(11)14/h3-6,9-10H,7H2,1-2H3,(H,16,17). The van der Waals surface area contributed by atoms with Crippen LogP contribution in [0.15, 0.2) is 28.7 Å². The van der Waals surface area contributed by atoms with Crippen molar-refractivity contribution in [2.75, 3.05) is 0 Å². The summed E-state index contributed by atoms with van der Waals surface area (Å²) in [5, 5.41) is 11.7. The highest BCUT2D eigenvalue weighted by molar-refractivity contribution is 9.10. The summed E-state index contributed by atoms with van der Waals surface area (Å²) in [6.45, 7) is 4.05. The van der Waals surface area contributed by atoms with Crippen molar-refractivity contribution in [2.24, 2.45) is 5.92 Å². The van der Waals surface area contributed by atoms with E-state index in [1.165, 1.54) is 0 Å². The molecule has 0 bridgehead atoms. The van der Waals surface area contributed by atoms with Crippen molar-refractivity contribution in [1.82, 2.24) is 5.32 Å². The molecule has 1 rings (SSSR count). The number of nitrogens with zero attached hydrogens (tertiary/aromatic N) is 1. The summed E-state index contributed by atoms with van der Waals surface area (Å²) < 4.78 is 0.735. The molecule has 1 unspecified atom stereocenters. The Morgan fingerprint density at radius 1 is 1.47 bits per heavy atom. The molecular weight excluding hydrogens is 280 g/mol. The molecule has 1 N–H and O–H groups in total. The molecule has 0 spiro atoms. The zero-order chi connectivity index (χ0) is 12.8. The van der Waals surface area contributed by atoms with Crippen LogP contribution in [0.25, 0.3) is 0 Å². The maximum absolute atomic E-state index is 11.9. The number of halogens is 1. The number of hydrogen-bond donors (Lipinski definition) is 1. The number of nitriles is 1. The lowest BCUT2D eigenvalue weighted by Crippen LogP contribution is -2.34. The van der Waals surface area contributed by atoms with Gasteiger partial charge in [-0.2, -0.15) is 5.26 Å². The van der Waals surface area contributed by atoms with E-state index in [0.29, 0.717) is 17.9 Å². The van der Waals surface area contributed by atoms with Gasteiger partial charge in [-0.05, 0) is 40.4 Å². The van der Waals surface area contributed by atoms with Gasteiger partial charge in [0.1, 0.15) is 6.04 Å². The monoisotopic (exact) mass is 294 g/mol. The summed E-state index contributed by atoms with van der Waals surface area (Å²) in [4.78, 5) is 11.9. The van der Waals surface area contributed by atoms with Crippen LogP contribution in [0.3, 0.4) is 0 Å². The minimum atomic E-state index is -0.436. The van der Waals surface area contributed by atoms with E-state index in [0.717, 1.165) is 4.47 Å². The van der Waals surface area contributed by atoms with Crippen LogP contribution in [-0.2, 0) is 0 Å². The van der Waals surface area contributed by atoms with Crippen LogP contribution in [0.5, 0.6) is 0 Å². The minimum absolute atomic E-state index is 0.218. The zero-order valence-corrected chi connectivity index (χ0v) is 11.5. The topological polar surface area (TPSA) is 52.9 Å². The number of nitrogens with one attached hydrogen (secondary N) is 1. The SMILES string of the molecule is CC(C)CC(C#N)NC(=O)c1ccccc1Br. The summed E-state index contributed by atoms with van der Waals surface area (Å²) >= 11 is 3.32. The fourth-order valence-corrected chi connectivity index (χ4v) is 1.96. The molecule has 1 atom stereocenters. The van der Waals surface area contributed by atoms with Crippen molar-refractivity contribution in [2.45, 2.75) is 26.3 Å². The number of rotatable bonds is 4. The van der Waals surface area contributed by atoms with E-state index in [1.54, 1.807) is 18.2 Å². The molecule has 1 aromatic rings. The normalized spacial score (nSPS) is 11.9. The quantitative estimate of drug-likeness (QED) is 0.928. The van der Waals surface area contributed by atoms with Gasteiger partial charge in [0.2, 0.25) is 0 Å². The number of carbonyl (C=O) groups excluding carboxylic acids is 1. The van der Waals surface area contributed by atoms with Gasteiger partial charge in [0.05, 0.1) is 11.6 Å². The fraction of sp³-hybridized carbons (Fsp3) is 0.385. The highest BCUT2D eigenvalue weighted by Crippen LogP contribution is 2.16. The van der Waals surface area contributed by atoms with Crippen molar-refractivity contribution < 1.29 is 4.79 Å². The average Bonchev–Trinajstić information content (AvgIpc) is 2.27. The van der Waals surface area contributed by atoms with Crippen molar-refractivity contribution in [1.29, 1.82) is 5.26 Å². The summed E-state index contributed by atoms with van der Waals surface area (Å²) in [6, 6.07) is 8.84. The number of carbonyl (C=O) groups is 1. The Labute approximate surface area is 110 Å². The van der Waals surface area contributed by atoms with Crippen molar-refractivity contribution in [3.63, 3.8) is 0 Å². The van der Waals surface area contributed by atoms with Gasteiger partial charge in [-0.3, -0.25) is 4.79 Å². The Morgan fingerprint density at radius 3 is 2.65 bits per heavy atom. The molecule has 17 heavy (non-hydrogen) atoms. The minimum Gasteiger partial charge on any atom is -0.336 e. The first-order chi connectivity index (χ1) is 8.04. The maximum Gasteiger partial charge on any atom is 0.253 e. The van der Waals surface area contributed by atoms with Gasteiger partial charge in [-0.25, -0.2) is 0 Å². The molecule has 0 heterocycles. The third kappa shape index (κ3) is 4.20. The molecule has 90 valence electrons. The number of benzene rings is 1. The molecule has 0 aliphatic carbocycles. The molecule has 0 aromatic heterocycles. The van der Waals surface area contributed by atoms with Crippen LogP contribution in [0.1, 0.15) is 30.6 Å². The Hall–Kier alpha value is -1.34. The van der Waals surface area contributed by atoms with E-state index in [4.69, 9.17) is 5.26 Å². The van der Waals surface area contributed by atoms with Gasteiger partial charge < -0.3 is 5.32 Å². The van der Waals surface area contributed by atoms with Gasteiger partial charge in [0.25, 0.3) is 5.91 Å². The summed E-state index contributed by atoms with van der Waals surface area (Å²) in [6.07, 6.45) is 0.659. The van der Waals surface area contributed by atoms with E-state index < -0.39 is 6.04 Å². The van der Waals surface area contributed by atoms with Gasteiger partial charge >= 0.3 is 0 Å². The largest absolute Gasteiger partial charge is 0.336 e. The number of hydrogen-bond acceptors (Lipinski definition) is 2. The van der Waals surface area contributed by atoms with Gasteiger partial charge in [-0.1, -0.05) is 26.0 Å². The average molecular weight is 295 g/mol. The lowest BCUT2D eigenvalue weighted by Gasteiger charge is -2.14. The maximum atomic E-state index is 11.9. The van der Waals surface area contributed by atoms with Gasteiger partial charge in [-0.15, -0.1) is 0 Å². The van der Waals surface area contributed by atoms with Gasteiger partial charge in [0.15, 0.2) is 0 Å². The third-order valence-electron chi connectivity index (χ3n) is 2.29. The van der Waals surface area contributed by atoms with Crippen LogP contribution in [0.4, 0.5) is 0 Å². The van der Waals surface area contributed by atoms with Crippen molar-refractivity contribution >= 4 is 21.8 Å². The van der Waals surface area contributed by atoms with E-state index >= 15 is 0 Å². The predicted molar refractivity (Wildman–Crippen MR) is 70.5 cm³/mol. The second kappa shape index (κ2) is 6.41. The Bertz CT molecular complexity index is 437. The van der Waals surface area contributed by atoms with Crippen LogP contribution < -0.4 is 5.32 Å². The molecule has 0 radical (unpaired) electrons. The molecule has 3 nitrogen and oxygen atoms in total. The molecule has 1 aromatic carbocycles. The first-order valence-corrected chi connectivity index (χ1v) is 6.29. The lowest BCUT2D eigenvalue weighted by atomic mass is 10.0. The van der Waals surface area contributed by atoms with E-state index in [1.807, 2.05) is 19.9 Å². The van der Waals surface area contributed by atoms with Crippen LogP contribution in [0.2, 0.25) is 0 Å². The first-order valence-electron chi connectivity index (χ1n) is 5.49. The van der Waals surface area contributed by atoms with E-state index in [2.05, 4.69) is 27.3 Å². The molecule has 0 fully saturated rings. The van der Waals surface area contributed by atoms with E-state index in [9.17, 15) is 4.79 Å². The van der Waals surface area contributed by atoms with Crippen molar-refractivity contribution in [3.8, 4) is 6.07 Å². The smallest absolute Gasteiger partial charge is 0.253 e. The van der Waals surface area contributed by atoms with Crippen LogP contribution in [0, 0.1) is 17.2 Å². The zero-order valence-electron chi connectivity index (χ0n) is 9.90. The highest BCUT2D eigenvalue weighted by Gasteiger charge is 2.15. The molecule has 4 heteroatoms. The fourth-order valence-electron chi connectivity index (χ4n) is 1.50. The molecular formula is C13H15BrN2O. The summed E-state index contributed by atoms with van der Waals surface area (Å²) in [5.74, 6) is 0.156. The Kier molecular flexibility index (Phi) is 5.17. The molecule has 0 aliphatic rings. The van der Waals surface area contributed by atoms with Gasteiger partial charge in [0, 0.05) is 4.47 Å². The highest BCUT2D eigenvalue weighted by atomic mass is 79.9. The predicted octanol–water partition coefficient (Wildman–Crippen LogP) is 3.12. The second-order valence-electron chi connectivity index (χ2n) is 4.26. The second-order valence-corrected chi connectivity index (χ2v) is 5.12. The van der Waals surface area contributed by atoms with Crippen molar-refractivity contribution in [3.05, 3.63) is 34.3 Å². The van der Waals surface area contributed by atoms with Crippen LogP contribution in [-0.4, -0.2) is 11.9 Å². The molecule has 0 aliphatic heterocycles. The van der Waals surface area contributed by atoms with E-state index in [-0.39, 0.29) is 5.91 Å². The Balaban J connectivity index is 2.72. The lowest BCUT2D eigenvalue weighted by molar-refractivity contribution is 0.0941. The third-order valence-corrected chi connectivity index (χ3v) is 2.98. The molecule has 1 amide bonds. The summed E-state index contributed by atoms with van der Waals surface area (Å²) in [7, 11) is 0. The first kappa shape index (κ1) is 13.7. The molecule has 0 saturated heterocycles. The van der Waals surface area contributed by atoms with Crippen LogP contribution >= 0.6 is 15.9 Å². The number of amides is 1.